The molecule has 0 atom stereocenters. The van der Waals surface area contributed by atoms with Crippen molar-refractivity contribution in [3.05, 3.63) is 29.3 Å². The normalized spacial score (nSPS) is 15.1. The number of carbonyl (C=O) groups excluding carboxylic acids is 2. The molecule has 0 spiro atoms. The fraction of sp³-hybridized carbons (Fsp3) is 0.500. The van der Waals surface area contributed by atoms with Crippen LogP contribution < -0.4 is 10.6 Å². The van der Waals surface area contributed by atoms with Gasteiger partial charge in [-0.2, -0.15) is 0 Å². The van der Waals surface area contributed by atoms with Crippen molar-refractivity contribution in [2.75, 3.05) is 5.32 Å². The maximum atomic E-state index is 11.8. The number of nitrogens with one attached hydrogen (secondary N) is 2. The Hall–Kier alpha value is -1.84. The number of rotatable bonds is 4. The highest BCUT2D eigenvalue weighted by Crippen LogP contribution is 2.18. The Morgan fingerprint density at radius 1 is 1.05 bits per heavy atom. The number of amides is 2. The predicted octanol–water partition coefficient (Wildman–Crippen LogP) is 2.69. The highest BCUT2D eigenvalue weighted by molar-refractivity contribution is 6.03. The van der Waals surface area contributed by atoms with Crippen LogP contribution in [0.2, 0.25) is 0 Å². The molecule has 20 heavy (non-hydrogen) atoms. The van der Waals surface area contributed by atoms with Crippen LogP contribution in [0.1, 0.15) is 43.2 Å². The second kappa shape index (κ2) is 6.55. The van der Waals surface area contributed by atoms with Crippen molar-refractivity contribution in [3.63, 3.8) is 0 Å². The third-order valence-electron chi connectivity index (χ3n) is 3.55. The van der Waals surface area contributed by atoms with Gasteiger partial charge in [-0.25, -0.2) is 0 Å². The molecule has 2 amide bonds. The summed E-state index contributed by atoms with van der Waals surface area (Å²) in [5, 5.41) is 5.70. The van der Waals surface area contributed by atoms with E-state index < -0.39 is 0 Å². The standard InChI is InChI=1S/C16H22N2O2/c1-11-7-12(2)9-14(8-11)18-16(20)10-15(19)17-13-5-3-4-6-13/h7-9,13H,3-6,10H2,1-2H3,(H,17,19)(H,18,20). The molecule has 0 unspecified atom stereocenters. The Morgan fingerprint density at radius 2 is 1.65 bits per heavy atom. The minimum absolute atomic E-state index is 0.108. The van der Waals surface area contributed by atoms with Crippen LogP contribution in [0.25, 0.3) is 0 Å². The first-order chi connectivity index (χ1) is 9.52. The van der Waals surface area contributed by atoms with E-state index in [1.54, 1.807) is 0 Å². The Labute approximate surface area is 119 Å². The number of anilines is 1. The molecule has 4 heteroatoms. The SMILES string of the molecule is Cc1cc(C)cc(NC(=O)CC(=O)NC2CCCC2)c1. The molecule has 0 bridgehead atoms. The maximum absolute atomic E-state index is 11.8. The van der Waals surface area contributed by atoms with Crippen LogP contribution in [-0.4, -0.2) is 17.9 Å². The summed E-state index contributed by atoms with van der Waals surface area (Å²) >= 11 is 0. The molecule has 1 aliphatic carbocycles. The summed E-state index contributed by atoms with van der Waals surface area (Å²) in [5.74, 6) is -0.440. The Kier molecular flexibility index (Phi) is 4.77. The quantitative estimate of drug-likeness (QED) is 0.829. The van der Waals surface area contributed by atoms with E-state index in [1.807, 2.05) is 32.0 Å². The molecule has 0 heterocycles. The van der Waals surface area contributed by atoms with Gasteiger partial charge in [0.05, 0.1) is 0 Å². The summed E-state index contributed by atoms with van der Waals surface area (Å²) in [7, 11) is 0. The summed E-state index contributed by atoms with van der Waals surface area (Å²) in [6, 6.07) is 6.11. The van der Waals surface area contributed by atoms with Crippen LogP contribution in [-0.2, 0) is 9.59 Å². The van der Waals surface area contributed by atoms with Gasteiger partial charge in [0.1, 0.15) is 6.42 Å². The maximum Gasteiger partial charge on any atom is 0.233 e. The minimum Gasteiger partial charge on any atom is -0.353 e. The third kappa shape index (κ3) is 4.37. The molecule has 1 aromatic rings. The van der Waals surface area contributed by atoms with Gasteiger partial charge in [0.2, 0.25) is 11.8 Å². The minimum atomic E-state index is -0.259. The van der Waals surface area contributed by atoms with E-state index >= 15 is 0 Å². The lowest BCUT2D eigenvalue weighted by molar-refractivity contribution is -0.127. The molecular weight excluding hydrogens is 252 g/mol. The van der Waals surface area contributed by atoms with Crippen LogP contribution in [0.3, 0.4) is 0 Å². The molecule has 2 N–H and O–H groups in total. The van der Waals surface area contributed by atoms with E-state index in [0.717, 1.165) is 29.7 Å². The number of hydrogen-bond acceptors (Lipinski definition) is 2. The second-order valence-electron chi connectivity index (χ2n) is 5.65. The summed E-state index contributed by atoms with van der Waals surface area (Å²) in [6.07, 6.45) is 4.29. The van der Waals surface area contributed by atoms with Gasteiger partial charge in [-0.3, -0.25) is 9.59 Å². The van der Waals surface area contributed by atoms with Crippen molar-refractivity contribution in [1.82, 2.24) is 5.32 Å². The molecule has 1 aromatic carbocycles. The van der Waals surface area contributed by atoms with Crippen LogP contribution >= 0.6 is 0 Å². The number of hydrogen-bond donors (Lipinski definition) is 2. The van der Waals surface area contributed by atoms with E-state index in [2.05, 4.69) is 10.6 Å². The van der Waals surface area contributed by atoms with Crippen LogP contribution in [0.5, 0.6) is 0 Å². The van der Waals surface area contributed by atoms with Gasteiger partial charge in [-0.05, 0) is 49.9 Å². The van der Waals surface area contributed by atoms with Crippen molar-refractivity contribution < 1.29 is 9.59 Å². The topological polar surface area (TPSA) is 58.2 Å². The van der Waals surface area contributed by atoms with Crippen LogP contribution in [0.15, 0.2) is 18.2 Å². The summed E-state index contributed by atoms with van der Waals surface area (Å²) < 4.78 is 0. The average Bonchev–Trinajstić information content (AvgIpc) is 2.79. The second-order valence-corrected chi connectivity index (χ2v) is 5.65. The lowest BCUT2D eigenvalue weighted by Gasteiger charge is -2.12. The summed E-state index contributed by atoms with van der Waals surface area (Å²) in [5.41, 5.74) is 2.94. The van der Waals surface area contributed by atoms with E-state index in [1.165, 1.54) is 12.8 Å². The molecule has 2 rings (SSSR count). The lowest BCUT2D eigenvalue weighted by Crippen LogP contribution is -2.35. The monoisotopic (exact) mass is 274 g/mol. The Morgan fingerprint density at radius 3 is 2.25 bits per heavy atom. The molecule has 0 saturated heterocycles. The van der Waals surface area contributed by atoms with E-state index in [0.29, 0.717) is 0 Å². The highest BCUT2D eigenvalue weighted by atomic mass is 16.2. The largest absolute Gasteiger partial charge is 0.353 e. The van der Waals surface area contributed by atoms with Gasteiger partial charge in [0.15, 0.2) is 0 Å². The molecular formula is C16H22N2O2. The zero-order valence-electron chi connectivity index (χ0n) is 12.2. The number of aryl methyl sites for hydroxylation is 2. The average molecular weight is 274 g/mol. The van der Waals surface area contributed by atoms with Crippen molar-refractivity contribution in [2.24, 2.45) is 0 Å². The third-order valence-corrected chi connectivity index (χ3v) is 3.55. The molecule has 1 saturated carbocycles. The molecule has 0 radical (unpaired) electrons. The van der Waals surface area contributed by atoms with Gasteiger partial charge in [0, 0.05) is 11.7 Å². The van der Waals surface area contributed by atoms with Crippen molar-refractivity contribution in [2.45, 2.75) is 52.0 Å². The zero-order valence-corrected chi connectivity index (χ0v) is 12.2. The first-order valence-electron chi connectivity index (χ1n) is 7.20. The van der Waals surface area contributed by atoms with E-state index in [-0.39, 0.29) is 24.3 Å². The zero-order chi connectivity index (χ0) is 14.5. The molecule has 0 aliphatic heterocycles. The smallest absolute Gasteiger partial charge is 0.233 e. The van der Waals surface area contributed by atoms with Gasteiger partial charge < -0.3 is 10.6 Å². The Bertz CT molecular complexity index is 485. The van der Waals surface area contributed by atoms with Gasteiger partial charge in [-0.1, -0.05) is 18.9 Å². The Balaban J connectivity index is 1.83. The van der Waals surface area contributed by atoms with Crippen molar-refractivity contribution >= 4 is 17.5 Å². The van der Waals surface area contributed by atoms with Crippen LogP contribution in [0, 0.1) is 13.8 Å². The molecule has 108 valence electrons. The van der Waals surface area contributed by atoms with Gasteiger partial charge >= 0.3 is 0 Å². The first-order valence-corrected chi connectivity index (χ1v) is 7.20. The summed E-state index contributed by atoms with van der Waals surface area (Å²) in [4.78, 5) is 23.6. The summed E-state index contributed by atoms with van der Waals surface area (Å²) in [6.45, 7) is 3.96. The van der Waals surface area contributed by atoms with E-state index in [4.69, 9.17) is 0 Å². The molecule has 1 fully saturated rings. The first kappa shape index (κ1) is 14.6. The van der Waals surface area contributed by atoms with Crippen molar-refractivity contribution in [1.29, 1.82) is 0 Å². The number of carbonyl (C=O) groups is 2. The van der Waals surface area contributed by atoms with E-state index in [9.17, 15) is 9.59 Å². The molecule has 4 nitrogen and oxygen atoms in total. The highest BCUT2D eigenvalue weighted by Gasteiger charge is 2.18. The van der Waals surface area contributed by atoms with Crippen molar-refractivity contribution in [3.8, 4) is 0 Å². The molecule has 1 aliphatic rings. The predicted molar refractivity (Wildman–Crippen MR) is 79.6 cm³/mol. The van der Waals surface area contributed by atoms with Gasteiger partial charge in [-0.15, -0.1) is 0 Å². The molecule has 0 aromatic heterocycles. The fourth-order valence-electron chi connectivity index (χ4n) is 2.75. The van der Waals surface area contributed by atoms with Crippen LogP contribution in [0.4, 0.5) is 5.69 Å². The fourth-order valence-corrected chi connectivity index (χ4v) is 2.75. The number of benzene rings is 1. The van der Waals surface area contributed by atoms with Gasteiger partial charge in [0.25, 0.3) is 0 Å². The lowest BCUT2D eigenvalue weighted by atomic mass is 10.1.